The van der Waals surface area contributed by atoms with E-state index in [2.05, 4.69) is 27.4 Å². The average Bonchev–Trinajstić information content (AvgIpc) is 2.67. The van der Waals surface area contributed by atoms with Gasteiger partial charge in [0.25, 0.3) is 0 Å². The van der Waals surface area contributed by atoms with Gasteiger partial charge in [-0.15, -0.1) is 0 Å². The van der Waals surface area contributed by atoms with Crippen LogP contribution in [0, 0.1) is 5.92 Å². The zero-order valence-corrected chi connectivity index (χ0v) is 16.4. The second-order valence-corrected chi connectivity index (χ2v) is 6.87. The largest absolute Gasteiger partial charge is 0.484 e. The van der Waals surface area contributed by atoms with Gasteiger partial charge in [-0.1, -0.05) is 19.1 Å². The van der Waals surface area contributed by atoms with Gasteiger partial charge in [-0.2, -0.15) is 13.2 Å². The maximum atomic E-state index is 12.2. The Bertz CT molecular complexity index is 602. The molecular formula is C19H29F3N4O2. The normalized spacial score (nSPS) is 17.2. The van der Waals surface area contributed by atoms with E-state index in [-0.39, 0.29) is 5.75 Å². The van der Waals surface area contributed by atoms with Crippen LogP contribution in [0.25, 0.3) is 0 Å². The van der Waals surface area contributed by atoms with Gasteiger partial charge >= 0.3 is 6.18 Å². The van der Waals surface area contributed by atoms with E-state index in [0.717, 1.165) is 45.0 Å². The Hall–Kier alpha value is -2.00. The van der Waals surface area contributed by atoms with Crippen molar-refractivity contribution < 1.29 is 22.6 Å². The van der Waals surface area contributed by atoms with Gasteiger partial charge in [-0.05, 0) is 23.6 Å². The lowest BCUT2D eigenvalue weighted by atomic mass is 10.1. The van der Waals surface area contributed by atoms with E-state index >= 15 is 0 Å². The molecule has 2 N–H and O–H groups in total. The van der Waals surface area contributed by atoms with Crippen LogP contribution in [0.15, 0.2) is 29.3 Å². The Labute approximate surface area is 164 Å². The van der Waals surface area contributed by atoms with E-state index in [9.17, 15) is 13.2 Å². The number of nitrogens with one attached hydrogen (secondary N) is 2. The molecule has 28 heavy (non-hydrogen) atoms. The van der Waals surface area contributed by atoms with Crippen LogP contribution in [0.3, 0.4) is 0 Å². The lowest BCUT2D eigenvalue weighted by molar-refractivity contribution is -0.153. The zero-order chi connectivity index (χ0) is 20.4. The molecule has 2 rings (SSSR count). The van der Waals surface area contributed by atoms with E-state index in [1.807, 2.05) is 0 Å². The number of guanidine groups is 1. The summed E-state index contributed by atoms with van der Waals surface area (Å²) in [7, 11) is 1.70. The summed E-state index contributed by atoms with van der Waals surface area (Å²) < 4.78 is 46.6. The molecule has 1 unspecified atom stereocenters. The molecule has 158 valence electrons. The number of ether oxygens (including phenoxy) is 2. The molecule has 0 bridgehead atoms. The highest BCUT2D eigenvalue weighted by Crippen LogP contribution is 2.18. The van der Waals surface area contributed by atoms with Gasteiger partial charge in [0.05, 0.1) is 13.2 Å². The summed E-state index contributed by atoms with van der Waals surface area (Å²) in [6, 6.07) is 6.52. The van der Waals surface area contributed by atoms with Gasteiger partial charge in [-0.3, -0.25) is 9.89 Å². The molecule has 1 fully saturated rings. The van der Waals surface area contributed by atoms with Crippen LogP contribution in [0.2, 0.25) is 0 Å². The number of alkyl halides is 3. The molecule has 0 spiro atoms. The summed E-state index contributed by atoms with van der Waals surface area (Å²) in [5.41, 5.74) is 0.920. The first kappa shape index (κ1) is 22.3. The molecule has 1 aliphatic heterocycles. The van der Waals surface area contributed by atoms with Crippen molar-refractivity contribution in [3.05, 3.63) is 29.8 Å². The maximum Gasteiger partial charge on any atom is 0.422 e. The van der Waals surface area contributed by atoms with Crippen molar-refractivity contribution in [1.82, 2.24) is 15.5 Å². The molecule has 1 aliphatic rings. The molecule has 1 atom stereocenters. The summed E-state index contributed by atoms with van der Waals surface area (Å²) in [5, 5.41) is 6.51. The molecule has 0 amide bonds. The Morgan fingerprint density at radius 1 is 1.21 bits per heavy atom. The first-order valence-electron chi connectivity index (χ1n) is 9.39. The maximum absolute atomic E-state index is 12.2. The molecule has 6 nitrogen and oxygen atoms in total. The molecule has 0 radical (unpaired) electrons. The van der Waals surface area contributed by atoms with Gasteiger partial charge in [0.15, 0.2) is 12.6 Å². The first-order valence-corrected chi connectivity index (χ1v) is 9.39. The fourth-order valence-corrected chi connectivity index (χ4v) is 2.84. The van der Waals surface area contributed by atoms with Gasteiger partial charge in [0.2, 0.25) is 0 Å². The predicted octanol–water partition coefficient (Wildman–Crippen LogP) is 2.26. The summed E-state index contributed by atoms with van der Waals surface area (Å²) in [6.45, 7) is 6.75. The number of aliphatic imine (C=N–C) groups is 1. The highest BCUT2D eigenvalue weighted by atomic mass is 19.4. The van der Waals surface area contributed by atoms with Crippen molar-refractivity contribution in [1.29, 1.82) is 0 Å². The smallest absolute Gasteiger partial charge is 0.422 e. The second-order valence-electron chi connectivity index (χ2n) is 6.87. The Morgan fingerprint density at radius 2 is 1.89 bits per heavy atom. The molecule has 0 aromatic heterocycles. The van der Waals surface area contributed by atoms with Crippen LogP contribution >= 0.6 is 0 Å². The number of nitrogens with zero attached hydrogens (tertiary/aromatic N) is 2. The standard InChI is InChI=1S/C19H29F3N4O2/c1-15(13-26-7-9-27-10-8-26)11-24-18(23-2)25-12-16-3-5-17(6-4-16)28-14-19(20,21)22/h3-6,15H,7-14H2,1-2H3,(H2,23,24,25). The predicted molar refractivity (Wildman–Crippen MR) is 103 cm³/mol. The van der Waals surface area contributed by atoms with Crippen molar-refractivity contribution in [2.24, 2.45) is 10.9 Å². The fraction of sp³-hybridized carbons (Fsp3) is 0.632. The molecular weight excluding hydrogens is 373 g/mol. The van der Waals surface area contributed by atoms with Crippen molar-refractivity contribution in [2.45, 2.75) is 19.6 Å². The van der Waals surface area contributed by atoms with Gasteiger partial charge in [-0.25, -0.2) is 0 Å². The summed E-state index contributed by atoms with van der Waals surface area (Å²) in [5.74, 6) is 1.34. The molecule has 1 heterocycles. The van der Waals surface area contributed by atoms with Gasteiger partial charge < -0.3 is 20.1 Å². The molecule has 1 aromatic rings. The van der Waals surface area contributed by atoms with Crippen molar-refractivity contribution in [3.63, 3.8) is 0 Å². The van der Waals surface area contributed by atoms with E-state index in [1.54, 1.807) is 19.2 Å². The van der Waals surface area contributed by atoms with E-state index in [1.165, 1.54) is 12.1 Å². The topological polar surface area (TPSA) is 58.1 Å². The van der Waals surface area contributed by atoms with Crippen molar-refractivity contribution in [2.75, 3.05) is 53.0 Å². The second kappa shape index (κ2) is 11.1. The van der Waals surface area contributed by atoms with Crippen LogP contribution in [0.1, 0.15) is 12.5 Å². The highest BCUT2D eigenvalue weighted by molar-refractivity contribution is 5.79. The van der Waals surface area contributed by atoms with Crippen molar-refractivity contribution in [3.8, 4) is 5.75 Å². The Kier molecular flexibility index (Phi) is 8.85. The Morgan fingerprint density at radius 3 is 2.50 bits per heavy atom. The summed E-state index contributed by atoms with van der Waals surface area (Å²) in [4.78, 5) is 6.60. The van der Waals surface area contributed by atoms with E-state index in [0.29, 0.717) is 18.4 Å². The first-order chi connectivity index (χ1) is 13.4. The van der Waals surface area contributed by atoms with Crippen LogP contribution in [0.5, 0.6) is 5.75 Å². The van der Waals surface area contributed by atoms with E-state index < -0.39 is 12.8 Å². The SMILES string of the molecule is CN=C(NCc1ccc(OCC(F)(F)F)cc1)NCC(C)CN1CCOCC1. The Balaban J connectivity index is 1.69. The van der Waals surface area contributed by atoms with Crippen LogP contribution in [-0.4, -0.2) is 70.1 Å². The molecule has 9 heteroatoms. The van der Waals surface area contributed by atoms with Crippen LogP contribution in [0.4, 0.5) is 13.2 Å². The lowest BCUT2D eigenvalue weighted by Crippen LogP contribution is -2.43. The van der Waals surface area contributed by atoms with E-state index in [4.69, 9.17) is 9.47 Å². The fourth-order valence-electron chi connectivity index (χ4n) is 2.84. The quantitative estimate of drug-likeness (QED) is 0.516. The monoisotopic (exact) mass is 402 g/mol. The minimum atomic E-state index is -4.34. The van der Waals surface area contributed by atoms with Crippen molar-refractivity contribution >= 4 is 5.96 Å². The molecule has 0 aliphatic carbocycles. The number of hydrogen-bond donors (Lipinski definition) is 2. The molecule has 0 saturated carbocycles. The highest BCUT2D eigenvalue weighted by Gasteiger charge is 2.28. The average molecular weight is 402 g/mol. The number of rotatable bonds is 8. The zero-order valence-electron chi connectivity index (χ0n) is 16.4. The third-order valence-electron chi connectivity index (χ3n) is 4.30. The summed E-state index contributed by atoms with van der Waals surface area (Å²) >= 11 is 0. The van der Waals surface area contributed by atoms with Crippen LogP contribution in [-0.2, 0) is 11.3 Å². The van der Waals surface area contributed by atoms with Gasteiger partial charge in [0.1, 0.15) is 5.75 Å². The number of benzene rings is 1. The minimum absolute atomic E-state index is 0.195. The van der Waals surface area contributed by atoms with Gasteiger partial charge in [0, 0.05) is 39.8 Å². The minimum Gasteiger partial charge on any atom is -0.484 e. The number of morpholine rings is 1. The number of hydrogen-bond acceptors (Lipinski definition) is 4. The third-order valence-corrected chi connectivity index (χ3v) is 4.30. The lowest BCUT2D eigenvalue weighted by Gasteiger charge is -2.29. The third kappa shape index (κ3) is 8.79. The van der Waals surface area contributed by atoms with Crippen LogP contribution < -0.4 is 15.4 Å². The molecule has 1 aromatic carbocycles. The number of halogens is 3. The summed E-state index contributed by atoms with van der Waals surface area (Å²) in [6.07, 6.45) is -4.34. The molecule has 1 saturated heterocycles.